The average Bonchev–Trinajstić information content (AvgIpc) is 3.53. The molecule has 34 heavy (non-hydrogen) atoms. The van der Waals surface area contributed by atoms with Crippen LogP contribution in [0.15, 0.2) is 71.3 Å². The molecule has 3 aromatic rings. The second-order valence-electron chi connectivity index (χ2n) is 8.39. The predicted octanol–water partition coefficient (Wildman–Crippen LogP) is 4.31. The van der Waals surface area contributed by atoms with Gasteiger partial charge in [-0.15, -0.1) is 0 Å². The van der Waals surface area contributed by atoms with E-state index in [-0.39, 0.29) is 18.3 Å². The molecule has 8 nitrogen and oxygen atoms in total. The Morgan fingerprint density at radius 3 is 2.53 bits per heavy atom. The maximum atomic E-state index is 13.4. The summed E-state index contributed by atoms with van der Waals surface area (Å²) in [6.07, 6.45) is 4.19. The number of amides is 2. The maximum absolute atomic E-state index is 13.4. The van der Waals surface area contributed by atoms with Gasteiger partial charge in [0.15, 0.2) is 6.61 Å². The van der Waals surface area contributed by atoms with Gasteiger partial charge in [0.25, 0.3) is 11.8 Å². The molecular formula is C26H24N2O6. The molecule has 0 unspecified atom stereocenters. The molecule has 2 aliphatic rings. The molecule has 1 aliphatic carbocycles. The van der Waals surface area contributed by atoms with Gasteiger partial charge in [0.05, 0.1) is 17.6 Å². The van der Waals surface area contributed by atoms with Crippen LogP contribution in [0.4, 0.5) is 11.4 Å². The first-order valence-electron chi connectivity index (χ1n) is 11.2. The molecule has 0 saturated heterocycles. The second kappa shape index (κ2) is 9.05. The predicted molar refractivity (Wildman–Crippen MR) is 124 cm³/mol. The first kappa shape index (κ1) is 21.8. The van der Waals surface area contributed by atoms with E-state index in [2.05, 4.69) is 5.32 Å². The molecule has 1 aliphatic heterocycles. The highest BCUT2D eigenvalue weighted by Crippen LogP contribution is 2.45. The molecule has 0 bridgehead atoms. The first-order valence-corrected chi connectivity index (χ1v) is 11.2. The van der Waals surface area contributed by atoms with Crippen molar-refractivity contribution in [2.75, 3.05) is 16.8 Å². The lowest BCUT2D eigenvalue weighted by molar-refractivity contribution is -0.129. The second-order valence-corrected chi connectivity index (χ2v) is 8.39. The number of anilines is 2. The van der Waals surface area contributed by atoms with Crippen molar-refractivity contribution in [3.63, 3.8) is 0 Å². The molecule has 1 spiro atoms. The summed E-state index contributed by atoms with van der Waals surface area (Å²) in [6.45, 7) is -0.399. The summed E-state index contributed by atoms with van der Waals surface area (Å²) in [5.41, 5.74) is 0.726. The zero-order chi connectivity index (χ0) is 23.5. The first-order chi connectivity index (χ1) is 16.6. The minimum Gasteiger partial charge on any atom is -0.489 e. The Bertz CT molecular complexity index is 1210. The van der Waals surface area contributed by atoms with Crippen molar-refractivity contribution in [2.45, 2.75) is 37.8 Å². The fourth-order valence-electron chi connectivity index (χ4n) is 4.69. The summed E-state index contributed by atoms with van der Waals surface area (Å²) in [7, 11) is 0. The van der Waals surface area contributed by atoms with Gasteiger partial charge in [-0.2, -0.15) is 0 Å². The number of hydrogen-bond acceptors (Lipinski definition) is 6. The van der Waals surface area contributed by atoms with Gasteiger partial charge in [0.2, 0.25) is 5.76 Å². The van der Waals surface area contributed by atoms with Crippen LogP contribution in [0.5, 0.6) is 5.75 Å². The summed E-state index contributed by atoms with van der Waals surface area (Å²) >= 11 is 0. The third-order valence-electron chi connectivity index (χ3n) is 6.32. The van der Waals surface area contributed by atoms with Crippen LogP contribution in [0.25, 0.3) is 0 Å². The number of carbonyl (C=O) groups is 3. The topological polar surface area (TPSA) is 98.1 Å². The SMILES string of the molecule is O=C(OCC(=O)N1c2ccccc2NC(=O)C12CCCC2)c1occc1COc1ccccc1. The molecule has 2 amide bonds. The number of furan rings is 1. The Hall–Kier alpha value is -4.07. The molecule has 1 N–H and O–H groups in total. The summed E-state index contributed by atoms with van der Waals surface area (Å²) in [5.74, 6) is -0.778. The lowest BCUT2D eigenvalue weighted by atomic mass is 9.90. The number of nitrogens with zero attached hydrogens (tertiary/aromatic N) is 1. The Labute approximate surface area is 196 Å². The molecule has 0 atom stereocenters. The normalized spacial score (nSPS) is 16.1. The molecule has 5 rings (SSSR count). The van der Waals surface area contributed by atoms with Gasteiger partial charge in [-0.1, -0.05) is 43.2 Å². The maximum Gasteiger partial charge on any atom is 0.375 e. The van der Waals surface area contributed by atoms with Crippen LogP contribution in [-0.4, -0.2) is 29.9 Å². The van der Waals surface area contributed by atoms with Crippen molar-refractivity contribution < 1.29 is 28.3 Å². The fourth-order valence-corrected chi connectivity index (χ4v) is 4.69. The van der Waals surface area contributed by atoms with Crippen LogP contribution < -0.4 is 15.0 Å². The van der Waals surface area contributed by atoms with E-state index >= 15 is 0 Å². The number of benzene rings is 2. The van der Waals surface area contributed by atoms with E-state index in [4.69, 9.17) is 13.9 Å². The summed E-state index contributed by atoms with van der Waals surface area (Å²) in [6, 6.07) is 18.0. The molecule has 2 heterocycles. The van der Waals surface area contributed by atoms with E-state index in [0.29, 0.717) is 35.5 Å². The third-order valence-corrected chi connectivity index (χ3v) is 6.32. The van der Waals surface area contributed by atoms with Crippen LogP contribution in [0.1, 0.15) is 41.8 Å². The molecule has 1 aromatic heterocycles. The standard InChI is InChI=1S/C26H24N2O6/c29-22(28-21-11-5-4-10-20(21)27-25(31)26(28)13-6-7-14-26)17-34-24(30)23-18(12-15-32-23)16-33-19-8-2-1-3-9-19/h1-5,8-12,15H,6-7,13-14,16-17H2,(H,27,31). The lowest BCUT2D eigenvalue weighted by Gasteiger charge is -2.44. The number of esters is 1. The van der Waals surface area contributed by atoms with E-state index < -0.39 is 24.0 Å². The van der Waals surface area contributed by atoms with Crippen LogP contribution >= 0.6 is 0 Å². The van der Waals surface area contributed by atoms with E-state index in [1.165, 1.54) is 11.2 Å². The molecule has 1 fully saturated rings. The zero-order valence-corrected chi connectivity index (χ0v) is 18.5. The lowest BCUT2D eigenvalue weighted by Crippen LogP contribution is -2.61. The van der Waals surface area contributed by atoms with E-state index in [1.807, 2.05) is 36.4 Å². The van der Waals surface area contributed by atoms with Crippen molar-refractivity contribution in [2.24, 2.45) is 0 Å². The third kappa shape index (κ3) is 3.91. The van der Waals surface area contributed by atoms with Gasteiger partial charge in [-0.05, 0) is 43.2 Å². The number of fused-ring (bicyclic) bond motifs is 1. The highest BCUT2D eigenvalue weighted by molar-refractivity contribution is 6.15. The number of hydrogen-bond donors (Lipinski definition) is 1. The highest BCUT2D eigenvalue weighted by atomic mass is 16.5. The van der Waals surface area contributed by atoms with Gasteiger partial charge in [0.1, 0.15) is 17.9 Å². The minimum absolute atomic E-state index is 0.0175. The molecule has 8 heteroatoms. The molecule has 0 radical (unpaired) electrons. The van der Waals surface area contributed by atoms with E-state index in [0.717, 1.165) is 12.8 Å². The quantitative estimate of drug-likeness (QED) is 0.551. The molecule has 1 saturated carbocycles. The van der Waals surface area contributed by atoms with Gasteiger partial charge in [-0.3, -0.25) is 14.5 Å². The number of rotatable bonds is 6. The summed E-state index contributed by atoms with van der Waals surface area (Å²) in [5, 5.41) is 2.93. The zero-order valence-electron chi connectivity index (χ0n) is 18.5. The smallest absolute Gasteiger partial charge is 0.375 e. The van der Waals surface area contributed by atoms with Gasteiger partial charge >= 0.3 is 5.97 Å². The van der Waals surface area contributed by atoms with Crippen molar-refractivity contribution >= 4 is 29.2 Å². The number of ether oxygens (including phenoxy) is 2. The van der Waals surface area contributed by atoms with Crippen molar-refractivity contribution in [1.82, 2.24) is 0 Å². The van der Waals surface area contributed by atoms with Crippen LogP contribution in [0.3, 0.4) is 0 Å². The van der Waals surface area contributed by atoms with Gasteiger partial charge in [-0.25, -0.2) is 4.79 Å². The Kier molecular flexibility index (Phi) is 5.79. The van der Waals surface area contributed by atoms with Crippen molar-refractivity contribution in [3.8, 4) is 5.75 Å². The van der Waals surface area contributed by atoms with E-state index in [1.54, 1.807) is 24.3 Å². The highest BCUT2D eigenvalue weighted by Gasteiger charge is 2.52. The van der Waals surface area contributed by atoms with Gasteiger partial charge in [0, 0.05) is 5.56 Å². The molecule has 2 aromatic carbocycles. The number of nitrogens with one attached hydrogen (secondary N) is 1. The van der Waals surface area contributed by atoms with Crippen LogP contribution in [0, 0.1) is 0 Å². The monoisotopic (exact) mass is 460 g/mol. The summed E-state index contributed by atoms with van der Waals surface area (Å²) < 4.78 is 16.3. The number of para-hydroxylation sites is 3. The fraction of sp³-hybridized carbons (Fsp3) is 0.269. The van der Waals surface area contributed by atoms with Crippen molar-refractivity contribution in [3.05, 3.63) is 78.3 Å². The largest absolute Gasteiger partial charge is 0.489 e. The molecular weight excluding hydrogens is 436 g/mol. The molecule has 174 valence electrons. The van der Waals surface area contributed by atoms with Crippen LogP contribution in [-0.2, 0) is 20.9 Å². The summed E-state index contributed by atoms with van der Waals surface area (Å²) in [4.78, 5) is 40.6. The number of carbonyl (C=O) groups excluding carboxylic acids is 3. The average molecular weight is 460 g/mol. The Morgan fingerprint density at radius 1 is 1.00 bits per heavy atom. The van der Waals surface area contributed by atoms with E-state index in [9.17, 15) is 14.4 Å². The Morgan fingerprint density at radius 2 is 1.74 bits per heavy atom. The van der Waals surface area contributed by atoms with Crippen molar-refractivity contribution in [1.29, 1.82) is 0 Å². The van der Waals surface area contributed by atoms with Crippen LogP contribution in [0.2, 0.25) is 0 Å². The van der Waals surface area contributed by atoms with Gasteiger partial charge < -0.3 is 19.2 Å². The Balaban J connectivity index is 1.30. The minimum atomic E-state index is -0.961.